The van der Waals surface area contributed by atoms with Gasteiger partial charge < -0.3 is 14.4 Å². The van der Waals surface area contributed by atoms with E-state index in [4.69, 9.17) is 4.43 Å². The Morgan fingerprint density at radius 1 is 1.18 bits per heavy atom. The third kappa shape index (κ3) is 5.57. The van der Waals surface area contributed by atoms with Gasteiger partial charge in [0, 0.05) is 20.3 Å². The van der Waals surface area contributed by atoms with Crippen LogP contribution < -0.4 is 0 Å². The van der Waals surface area contributed by atoms with E-state index in [9.17, 15) is 14.7 Å². The van der Waals surface area contributed by atoms with Gasteiger partial charge in [0.1, 0.15) is 11.7 Å². The lowest BCUT2D eigenvalue weighted by molar-refractivity contribution is -0.136. The molecular formula is C16H31NO4Si. The lowest BCUT2D eigenvalue weighted by Gasteiger charge is -2.40. The molecule has 0 fully saturated rings. The van der Waals surface area contributed by atoms with Crippen LogP contribution in [0.2, 0.25) is 18.1 Å². The molecule has 0 aliphatic carbocycles. The summed E-state index contributed by atoms with van der Waals surface area (Å²) < 4.78 is 6.20. The van der Waals surface area contributed by atoms with Crippen molar-refractivity contribution < 1.29 is 19.1 Å². The second-order valence-electron chi connectivity index (χ2n) is 7.72. The van der Waals surface area contributed by atoms with Crippen LogP contribution in [0, 0.1) is 5.92 Å². The van der Waals surface area contributed by atoms with Crippen molar-refractivity contribution in [3.63, 3.8) is 0 Å². The molecule has 0 rings (SSSR count). The van der Waals surface area contributed by atoms with Crippen molar-refractivity contribution in [2.24, 2.45) is 5.92 Å². The minimum atomic E-state index is -2.17. The normalized spacial score (nSPS) is 14.9. The summed E-state index contributed by atoms with van der Waals surface area (Å²) in [5.41, 5.74) is -0.234. The van der Waals surface area contributed by atoms with E-state index in [1.165, 1.54) is 6.20 Å². The first-order chi connectivity index (χ1) is 9.70. The van der Waals surface area contributed by atoms with Gasteiger partial charge in [-0.25, -0.2) is 4.79 Å². The van der Waals surface area contributed by atoms with Gasteiger partial charge in [-0.1, -0.05) is 34.6 Å². The van der Waals surface area contributed by atoms with Crippen LogP contribution in [0.15, 0.2) is 11.8 Å². The zero-order valence-electron chi connectivity index (χ0n) is 15.4. The highest BCUT2D eigenvalue weighted by atomic mass is 28.4. The van der Waals surface area contributed by atoms with Crippen LogP contribution in [-0.4, -0.2) is 50.3 Å². The van der Waals surface area contributed by atoms with Crippen LogP contribution in [0.4, 0.5) is 0 Å². The van der Waals surface area contributed by atoms with Gasteiger partial charge in [-0.3, -0.25) is 4.79 Å². The van der Waals surface area contributed by atoms with Crippen molar-refractivity contribution in [2.45, 2.75) is 58.9 Å². The first-order valence-corrected chi connectivity index (χ1v) is 10.4. The van der Waals surface area contributed by atoms with Crippen molar-refractivity contribution in [1.29, 1.82) is 0 Å². The third-order valence-electron chi connectivity index (χ3n) is 3.97. The van der Waals surface area contributed by atoms with Crippen molar-refractivity contribution in [2.75, 3.05) is 14.1 Å². The van der Waals surface area contributed by atoms with Gasteiger partial charge in [-0.2, -0.15) is 0 Å². The van der Waals surface area contributed by atoms with Crippen LogP contribution in [-0.2, 0) is 14.0 Å². The quantitative estimate of drug-likeness (QED) is 0.336. The number of hydrogen-bond acceptors (Lipinski definition) is 4. The zero-order valence-corrected chi connectivity index (χ0v) is 16.4. The van der Waals surface area contributed by atoms with Crippen LogP contribution in [0.5, 0.6) is 0 Å². The number of carbonyl (C=O) groups excluding carboxylic acids is 1. The standard InChI is InChI=1S/C16H31NO4Si/c1-11(2)14(21-22(8,9)16(3,4)5)13(18)12(15(19)20)10-17(6)7/h10-11,14H,1-9H3,(H,19,20). The fourth-order valence-electron chi connectivity index (χ4n) is 1.62. The number of rotatable bonds is 7. The first-order valence-electron chi connectivity index (χ1n) is 7.54. The van der Waals surface area contributed by atoms with Crippen molar-refractivity contribution in [3.05, 3.63) is 11.8 Å². The Morgan fingerprint density at radius 3 is 1.91 bits per heavy atom. The zero-order chi connectivity index (χ0) is 17.9. The van der Waals surface area contributed by atoms with E-state index < -0.39 is 26.2 Å². The largest absolute Gasteiger partial charge is 0.478 e. The Morgan fingerprint density at radius 2 is 1.64 bits per heavy atom. The second kappa shape index (κ2) is 7.42. The van der Waals surface area contributed by atoms with Gasteiger partial charge in [0.2, 0.25) is 0 Å². The predicted molar refractivity (Wildman–Crippen MR) is 91.3 cm³/mol. The molecule has 0 radical (unpaired) electrons. The monoisotopic (exact) mass is 329 g/mol. The summed E-state index contributed by atoms with van der Waals surface area (Å²) in [4.78, 5) is 25.7. The highest BCUT2D eigenvalue weighted by Crippen LogP contribution is 2.38. The van der Waals surface area contributed by atoms with E-state index in [0.29, 0.717) is 0 Å². The highest BCUT2D eigenvalue weighted by Gasteiger charge is 2.42. The van der Waals surface area contributed by atoms with Crippen molar-refractivity contribution in [1.82, 2.24) is 4.90 Å². The van der Waals surface area contributed by atoms with Crippen LogP contribution in [0.25, 0.3) is 0 Å². The Bertz CT molecular complexity index is 448. The summed E-state index contributed by atoms with van der Waals surface area (Å²) in [7, 11) is 1.21. The van der Waals surface area contributed by atoms with Gasteiger partial charge in [0.05, 0.1) is 0 Å². The van der Waals surface area contributed by atoms with E-state index in [-0.39, 0.29) is 16.5 Å². The molecule has 0 bridgehead atoms. The number of hydrogen-bond donors (Lipinski definition) is 1. The van der Waals surface area contributed by atoms with E-state index >= 15 is 0 Å². The molecule has 0 amide bonds. The van der Waals surface area contributed by atoms with Gasteiger partial charge in [-0.15, -0.1) is 0 Å². The molecule has 0 aromatic carbocycles. The number of carboxylic acids is 1. The number of carbonyl (C=O) groups is 2. The highest BCUT2D eigenvalue weighted by molar-refractivity contribution is 6.74. The van der Waals surface area contributed by atoms with Crippen LogP contribution >= 0.6 is 0 Å². The summed E-state index contributed by atoms with van der Waals surface area (Å²) in [6.45, 7) is 14.2. The molecule has 1 N–H and O–H groups in total. The molecule has 0 saturated heterocycles. The molecule has 128 valence electrons. The Labute approximate surface area is 135 Å². The minimum Gasteiger partial charge on any atom is -0.478 e. The average Bonchev–Trinajstić information content (AvgIpc) is 2.29. The molecule has 0 spiro atoms. The molecule has 22 heavy (non-hydrogen) atoms. The first kappa shape index (κ1) is 20.9. The second-order valence-corrected chi connectivity index (χ2v) is 12.5. The topological polar surface area (TPSA) is 66.8 Å². The van der Waals surface area contributed by atoms with Crippen molar-refractivity contribution in [3.8, 4) is 0 Å². The molecule has 6 heteroatoms. The molecule has 0 heterocycles. The fourth-order valence-corrected chi connectivity index (χ4v) is 2.99. The number of carboxylic acid groups (broad SMARTS) is 1. The van der Waals surface area contributed by atoms with E-state index in [1.54, 1.807) is 19.0 Å². The Balaban J connectivity index is 5.61. The minimum absolute atomic E-state index is 0.0466. The molecule has 0 aromatic heterocycles. The van der Waals surface area contributed by atoms with E-state index in [0.717, 1.165) is 0 Å². The smallest absolute Gasteiger partial charge is 0.340 e. The number of Topliss-reactive ketones (excluding diaryl/α,β-unsaturated/α-hetero) is 1. The molecule has 5 nitrogen and oxygen atoms in total. The lowest BCUT2D eigenvalue weighted by atomic mass is 9.98. The molecule has 1 unspecified atom stereocenters. The summed E-state index contributed by atoms with van der Waals surface area (Å²) in [5, 5.41) is 9.27. The molecule has 0 aliphatic rings. The Hall–Kier alpha value is -1.14. The van der Waals surface area contributed by atoms with Gasteiger partial charge in [0.25, 0.3) is 0 Å². The number of aliphatic carboxylic acids is 1. The summed E-state index contributed by atoms with van der Waals surface area (Å²) in [6.07, 6.45) is 0.609. The predicted octanol–water partition coefficient (Wildman–Crippen LogP) is 3.13. The van der Waals surface area contributed by atoms with Crippen LogP contribution in [0.3, 0.4) is 0 Å². The van der Waals surface area contributed by atoms with E-state index in [1.807, 2.05) is 13.8 Å². The third-order valence-corrected chi connectivity index (χ3v) is 8.43. The number of ketones is 1. The molecule has 0 saturated carbocycles. The fraction of sp³-hybridized carbons (Fsp3) is 0.750. The van der Waals surface area contributed by atoms with E-state index in [2.05, 4.69) is 33.9 Å². The summed E-state index contributed by atoms with van der Waals surface area (Å²) in [5.74, 6) is -1.77. The van der Waals surface area contributed by atoms with Crippen LogP contribution in [0.1, 0.15) is 34.6 Å². The maximum absolute atomic E-state index is 12.7. The van der Waals surface area contributed by atoms with Crippen molar-refractivity contribution >= 4 is 20.1 Å². The van der Waals surface area contributed by atoms with Gasteiger partial charge in [0.15, 0.2) is 14.1 Å². The molecule has 1 atom stereocenters. The maximum atomic E-state index is 12.7. The average molecular weight is 330 g/mol. The molecular weight excluding hydrogens is 298 g/mol. The Kier molecular flexibility index (Phi) is 7.03. The lowest BCUT2D eigenvalue weighted by Crippen LogP contribution is -2.48. The number of nitrogens with zero attached hydrogens (tertiary/aromatic N) is 1. The molecule has 0 aliphatic heterocycles. The summed E-state index contributed by atoms with van der Waals surface area (Å²) >= 11 is 0. The van der Waals surface area contributed by atoms with Gasteiger partial charge in [-0.05, 0) is 24.1 Å². The van der Waals surface area contributed by atoms with Gasteiger partial charge >= 0.3 is 5.97 Å². The summed E-state index contributed by atoms with van der Waals surface area (Å²) in [6, 6.07) is 0. The SMILES string of the molecule is CC(C)C(O[Si](C)(C)C(C)(C)C)C(=O)C(=CN(C)C)C(=O)O. The molecule has 0 aromatic rings. The maximum Gasteiger partial charge on any atom is 0.340 e.